The van der Waals surface area contributed by atoms with Gasteiger partial charge in [-0.3, -0.25) is 4.79 Å². The Kier molecular flexibility index (Phi) is 2.27. The van der Waals surface area contributed by atoms with E-state index in [1.807, 2.05) is 30.4 Å². The third-order valence-electron chi connectivity index (χ3n) is 2.36. The lowest BCUT2D eigenvalue weighted by atomic mass is 9.90. The second-order valence-corrected chi connectivity index (χ2v) is 3.27. The highest BCUT2D eigenvalue weighted by atomic mass is 16.1. The highest BCUT2D eigenvalue weighted by Gasteiger charge is 2.15. The van der Waals surface area contributed by atoms with Crippen LogP contribution in [0.15, 0.2) is 18.2 Å². The van der Waals surface area contributed by atoms with Gasteiger partial charge in [-0.15, -0.1) is 0 Å². The Hall–Kier alpha value is -1.70. The van der Waals surface area contributed by atoms with E-state index in [2.05, 4.69) is 0 Å². The number of fused-ring (bicyclic) bond motifs is 1. The van der Waals surface area contributed by atoms with E-state index in [4.69, 9.17) is 0 Å². The number of aldehydes is 1. The molecule has 0 heterocycles. The molecule has 0 fully saturated rings. The summed E-state index contributed by atoms with van der Waals surface area (Å²) in [5.74, 6) is 0.0540. The average Bonchev–Trinajstić information content (AvgIpc) is 2.15. The van der Waals surface area contributed by atoms with Crippen LogP contribution in [0, 0.1) is 0 Å². The fraction of sp³-hybridized carbons (Fsp3) is 0.167. The summed E-state index contributed by atoms with van der Waals surface area (Å²) in [7, 11) is 0. The van der Waals surface area contributed by atoms with Crippen molar-refractivity contribution < 1.29 is 9.59 Å². The summed E-state index contributed by atoms with van der Waals surface area (Å²) >= 11 is 0. The molecule has 2 rings (SSSR count). The first-order chi connectivity index (χ1) is 6.83. The smallest absolute Gasteiger partial charge is 0.163 e. The van der Waals surface area contributed by atoms with Crippen LogP contribution in [-0.2, 0) is 4.79 Å². The average molecular weight is 186 g/mol. The molecule has 1 aliphatic rings. The minimum atomic E-state index is 0.0540. The predicted molar refractivity (Wildman–Crippen MR) is 55.0 cm³/mol. The fourth-order valence-corrected chi connectivity index (χ4v) is 1.56. The van der Waals surface area contributed by atoms with Crippen molar-refractivity contribution in [2.24, 2.45) is 0 Å². The maximum atomic E-state index is 11.6. The monoisotopic (exact) mass is 186 g/mol. The molecule has 1 aromatic carbocycles. The maximum absolute atomic E-state index is 11.6. The molecule has 0 unspecified atom stereocenters. The number of carbonyl (C=O) groups is 2. The maximum Gasteiger partial charge on any atom is 0.163 e. The van der Waals surface area contributed by atoms with Crippen LogP contribution in [0.1, 0.15) is 34.3 Å². The lowest BCUT2D eigenvalue weighted by Gasteiger charge is -2.13. The van der Waals surface area contributed by atoms with Crippen LogP contribution in [0.5, 0.6) is 0 Å². The Morgan fingerprint density at radius 3 is 2.79 bits per heavy atom. The molecule has 70 valence electrons. The molecule has 0 spiro atoms. The highest BCUT2D eigenvalue weighted by Crippen LogP contribution is 2.27. The molecule has 0 aromatic heterocycles. The number of rotatable bonds is 4. The van der Waals surface area contributed by atoms with Gasteiger partial charge in [0.1, 0.15) is 6.29 Å². The van der Waals surface area contributed by atoms with E-state index in [9.17, 15) is 9.59 Å². The van der Waals surface area contributed by atoms with Crippen LogP contribution in [0.3, 0.4) is 0 Å². The molecule has 0 radical (unpaired) electrons. The standard InChI is InChI=1S/C12H10O2/c13-8-2-5-12(14)11-4-1-3-9-6-7-10(9)11/h1,3-4,6-8H,2,5H2. The van der Waals surface area contributed by atoms with Crippen LogP contribution in [0.2, 0.25) is 0 Å². The molecular formula is C12H10O2. The van der Waals surface area contributed by atoms with Crippen LogP contribution in [-0.4, -0.2) is 12.1 Å². The lowest BCUT2D eigenvalue weighted by molar-refractivity contribution is -0.107. The molecule has 0 bridgehead atoms. The molecular weight excluding hydrogens is 176 g/mol. The predicted octanol–water partition coefficient (Wildman–Crippen LogP) is 2.33. The summed E-state index contributed by atoms with van der Waals surface area (Å²) in [6.07, 6.45) is 5.32. The van der Waals surface area contributed by atoms with E-state index in [0.717, 1.165) is 23.0 Å². The molecule has 2 heteroatoms. The first-order valence-corrected chi connectivity index (χ1v) is 4.61. The Labute approximate surface area is 82.2 Å². The quantitative estimate of drug-likeness (QED) is 0.542. The molecule has 0 N–H and O–H groups in total. The molecule has 2 nitrogen and oxygen atoms in total. The number of ketones is 1. The first-order valence-electron chi connectivity index (χ1n) is 4.61. The lowest BCUT2D eigenvalue weighted by Crippen LogP contribution is -2.05. The molecule has 0 atom stereocenters. The van der Waals surface area contributed by atoms with Gasteiger partial charge in [-0.2, -0.15) is 0 Å². The Balaban J connectivity index is 2.21. The van der Waals surface area contributed by atoms with Crippen molar-refractivity contribution in [1.29, 1.82) is 0 Å². The van der Waals surface area contributed by atoms with Gasteiger partial charge < -0.3 is 4.79 Å². The second-order valence-electron chi connectivity index (χ2n) is 3.27. The molecule has 1 aliphatic carbocycles. The largest absolute Gasteiger partial charge is 0.303 e. The van der Waals surface area contributed by atoms with Crippen molar-refractivity contribution >= 4 is 24.2 Å². The van der Waals surface area contributed by atoms with Crippen LogP contribution in [0.4, 0.5) is 0 Å². The van der Waals surface area contributed by atoms with Crippen molar-refractivity contribution in [3.63, 3.8) is 0 Å². The Morgan fingerprint density at radius 2 is 2.14 bits per heavy atom. The summed E-state index contributed by atoms with van der Waals surface area (Å²) in [5, 5.41) is 0. The second kappa shape index (κ2) is 3.58. The van der Waals surface area contributed by atoms with Gasteiger partial charge in [0, 0.05) is 18.4 Å². The molecule has 1 aromatic rings. The van der Waals surface area contributed by atoms with Gasteiger partial charge in [0.2, 0.25) is 0 Å². The van der Waals surface area contributed by atoms with Gasteiger partial charge >= 0.3 is 0 Å². The topological polar surface area (TPSA) is 34.1 Å². The summed E-state index contributed by atoms with van der Waals surface area (Å²) in [4.78, 5) is 21.8. The summed E-state index contributed by atoms with van der Waals surface area (Å²) in [6.45, 7) is 0. The third-order valence-corrected chi connectivity index (χ3v) is 2.36. The summed E-state index contributed by atoms with van der Waals surface area (Å²) < 4.78 is 0. The van der Waals surface area contributed by atoms with E-state index < -0.39 is 0 Å². The fourth-order valence-electron chi connectivity index (χ4n) is 1.56. The zero-order valence-corrected chi connectivity index (χ0v) is 7.69. The number of carbonyl (C=O) groups excluding carboxylic acids is 2. The number of benzene rings is 1. The molecule has 14 heavy (non-hydrogen) atoms. The van der Waals surface area contributed by atoms with Crippen molar-refractivity contribution in [2.75, 3.05) is 0 Å². The normalized spacial score (nSPS) is 11.7. The van der Waals surface area contributed by atoms with Gasteiger partial charge in [-0.05, 0) is 11.1 Å². The number of hydrogen-bond donors (Lipinski definition) is 0. The Bertz CT molecular complexity index is 416. The van der Waals surface area contributed by atoms with Gasteiger partial charge in [-0.1, -0.05) is 30.4 Å². The van der Waals surface area contributed by atoms with Crippen molar-refractivity contribution in [3.8, 4) is 0 Å². The SMILES string of the molecule is O=CCCC(=O)c1cccc2c1C=C2. The van der Waals surface area contributed by atoms with E-state index in [-0.39, 0.29) is 5.78 Å². The van der Waals surface area contributed by atoms with E-state index in [1.165, 1.54) is 0 Å². The van der Waals surface area contributed by atoms with Gasteiger partial charge in [0.05, 0.1) is 0 Å². The van der Waals surface area contributed by atoms with E-state index >= 15 is 0 Å². The van der Waals surface area contributed by atoms with Crippen molar-refractivity contribution in [1.82, 2.24) is 0 Å². The van der Waals surface area contributed by atoms with Gasteiger partial charge in [0.25, 0.3) is 0 Å². The third kappa shape index (κ3) is 1.39. The zero-order chi connectivity index (χ0) is 9.97. The summed E-state index contributed by atoms with van der Waals surface area (Å²) in [6, 6.07) is 5.66. The van der Waals surface area contributed by atoms with E-state index in [0.29, 0.717) is 12.8 Å². The van der Waals surface area contributed by atoms with Crippen LogP contribution in [0.25, 0.3) is 12.2 Å². The first kappa shape index (κ1) is 8.88. The minimum absolute atomic E-state index is 0.0540. The molecule has 0 saturated heterocycles. The number of Topliss-reactive ketones (excluding diaryl/α,β-unsaturated/α-hetero) is 1. The number of hydrogen-bond acceptors (Lipinski definition) is 2. The summed E-state index contributed by atoms with van der Waals surface area (Å²) in [5.41, 5.74) is 2.87. The van der Waals surface area contributed by atoms with Gasteiger partial charge in [0.15, 0.2) is 5.78 Å². The molecule has 0 saturated carbocycles. The van der Waals surface area contributed by atoms with Gasteiger partial charge in [-0.25, -0.2) is 0 Å². The minimum Gasteiger partial charge on any atom is -0.303 e. The molecule has 0 amide bonds. The Morgan fingerprint density at radius 1 is 1.29 bits per heavy atom. The highest BCUT2D eigenvalue weighted by molar-refractivity contribution is 6.04. The van der Waals surface area contributed by atoms with E-state index in [1.54, 1.807) is 0 Å². The molecule has 0 aliphatic heterocycles. The van der Waals surface area contributed by atoms with Crippen LogP contribution < -0.4 is 0 Å². The van der Waals surface area contributed by atoms with Crippen molar-refractivity contribution in [3.05, 3.63) is 34.9 Å². The van der Waals surface area contributed by atoms with Crippen LogP contribution >= 0.6 is 0 Å². The van der Waals surface area contributed by atoms with Crippen molar-refractivity contribution in [2.45, 2.75) is 12.8 Å². The zero-order valence-electron chi connectivity index (χ0n) is 7.69.